The van der Waals surface area contributed by atoms with Crippen LogP contribution in [0.1, 0.15) is 18.5 Å². The van der Waals surface area contributed by atoms with Crippen molar-refractivity contribution in [2.24, 2.45) is 0 Å². The number of sulfone groups is 1. The summed E-state index contributed by atoms with van der Waals surface area (Å²) >= 11 is 13.1. The zero-order valence-electron chi connectivity index (χ0n) is 8.96. The molecule has 1 unspecified atom stereocenters. The van der Waals surface area contributed by atoms with E-state index in [-0.39, 0.29) is 11.8 Å². The largest absolute Gasteiger partial charge is 0.309 e. The van der Waals surface area contributed by atoms with Crippen LogP contribution < -0.4 is 5.32 Å². The second-order valence-corrected chi connectivity index (χ2v) is 8.13. The van der Waals surface area contributed by atoms with Gasteiger partial charge in [-0.15, -0.1) is 11.3 Å². The summed E-state index contributed by atoms with van der Waals surface area (Å²) in [5.41, 5.74) is 0.908. The van der Waals surface area contributed by atoms with Crippen LogP contribution in [-0.2, 0) is 9.84 Å². The summed E-state index contributed by atoms with van der Waals surface area (Å²) in [4.78, 5) is 0. The predicted molar refractivity (Wildman–Crippen MR) is 70.5 cm³/mol. The highest BCUT2D eigenvalue weighted by molar-refractivity contribution is 7.90. The van der Waals surface area contributed by atoms with Gasteiger partial charge in [0.2, 0.25) is 0 Å². The topological polar surface area (TPSA) is 46.2 Å². The van der Waals surface area contributed by atoms with E-state index in [1.165, 1.54) is 17.6 Å². The van der Waals surface area contributed by atoms with E-state index in [1.807, 2.05) is 6.92 Å². The van der Waals surface area contributed by atoms with E-state index in [0.717, 1.165) is 5.56 Å². The van der Waals surface area contributed by atoms with Gasteiger partial charge in [-0.25, -0.2) is 8.42 Å². The van der Waals surface area contributed by atoms with Crippen molar-refractivity contribution >= 4 is 44.4 Å². The second kappa shape index (κ2) is 5.69. The summed E-state index contributed by atoms with van der Waals surface area (Å²) in [5.74, 6) is 0.118. The van der Waals surface area contributed by atoms with Crippen LogP contribution in [0, 0.1) is 0 Å². The van der Waals surface area contributed by atoms with Gasteiger partial charge < -0.3 is 5.32 Å². The molecule has 0 saturated heterocycles. The minimum absolute atomic E-state index is 0.00185. The first-order chi connectivity index (χ1) is 7.29. The molecule has 0 aliphatic heterocycles. The third-order valence-corrected chi connectivity index (χ3v) is 4.54. The number of halogens is 2. The molecule has 7 heteroatoms. The highest BCUT2D eigenvalue weighted by atomic mass is 35.5. The third-order valence-electron chi connectivity index (χ3n) is 2.07. The molecule has 0 saturated carbocycles. The van der Waals surface area contributed by atoms with Crippen molar-refractivity contribution in [3.05, 3.63) is 20.3 Å². The Kier molecular flexibility index (Phi) is 5.07. The first kappa shape index (κ1) is 14.3. The van der Waals surface area contributed by atoms with Crippen LogP contribution in [0.4, 0.5) is 0 Å². The van der Waals surface area contributed by atoms with Gasteiger partial charge >= 0.3 is 0 Å². The molecule has 1 aromatic heterocycles. The average Bonchev–Trinajstić information content (AvgIpc) is 2.43. The number of hydrogen-bond donors (Lipinski definition) is 1. The van der Waals surface area contributed by atoms with Crippen LogP contribution in [0.15, 0.2) is 6.07 Å². The van der Waals surface area contributed by atoms with Crippen LogP contribution in [-0.4, -0.2) is 27.0 Å². The molecule has 92 valence electrons. The maximum atomic E-state index is 10.9. The Labute approximate surface area is 110 Å². The number of thiophene rings is 1. The van der Waals surface area contributed by atoms with Gasteiger partial charge in [0.1, 0.15) is 9.84 Å². The summed E-state index contributed by atoms with van der Waals surface area (Å²) in [6.07, 6.45) is 1.22. The molecule has 0 aliphatic carbocycles. The van der Waals surface area contributed by atoms with Crippen LogP contribution in [0.2, 0.25) is 8.67 Å². The Balaban J connectivity index is 2.53. The van der Waals surface area contributed by atoms with E-state index in [4.69, 9.17) is 23.2 Å². The summed E-state index contributed by atoms with van der Waals surface area (Å²) in [5, 5.41) is 3.09. The molecule has 1 heterocycles. The number of hydrogen-bond acceptors (Lipinski definition) is 4. The lowest BCUT2D eigenvalue weighted by Gasteiger charge is -2.12. The first-order valence-corrected chi connectivity index (χ1v) is 8.29. The summed E-state index contributed by atoms with van der Waals surface area (Å²) in [6.45, 7) is 2.33. The zero-order valence-corrected chi connectivity index (χ0v) is 12.1. The maximum absolute atomic E-state index is 10.9. The fraction of sp³-hybridized carbons (Fsp3) is 0.556. The van der Waals surface area contributed by atoms with E-state index in [9.17, 15) is 8.42 Å². The first-order valence-electron chi connectivity index (χ1n) is 4.65. The van der Waals surface area contributed by atoms with Crippen LogP contribution in [0.25, 0.3) is 0 Å². The van der Waals surface area contributed by atoms with Gasteiger partial charge in [0.15, 0.2) is 0 Å². The molecule has 1 rings (SSSR count). The number of nitrogens with one attached hydrogen (secondary N) is 1. The molecule has 0 bridgehead atoms. The molecule has 16 heavy (non-hydrogen) atoms. The third kappa shape index (κ3) is 4.59. The summed E-state index contributed by atoms with van der Waals surface area (Å²) in [6, 6.07) is 1.80. The van der Waals surface area contributed by atoms with Gasteiger partial charge in [-0.3, -0.25) is 0 Å². The molecule has 1 N–H and O–H groups in total. The summed E-state index contributed by atoms with van der Waals surface area (Å²) < 4.78 is 23.1. The predicted octanol–water partition coefficient (Wildman–Crippen LogP) is 2.75. The van der Waals surface area contributed by atoms with Crippen LogP contribution in [0.3, 0.4) is 0 Å². The van der Waals surface area contributed by atoms with Gasteiger partial charge in [0.25, 0.3) is 0 Å². The van der Waals surface area contributed by atoms with Crippen LogP contribution >= 0.6 is 34.5 Å². The van der Waals surface area contributed by atoms with Crippen LogP contribution in [0.5, 0.6) is 0 Å². The standard InChI is InChI=1S/C9H13Cl2NO2S2/c1-6(12-3-4-16(2,13)14)7-5-8(10)15-9(7)11/h5-6,12H,3-4H2,1-2H3. The highest BCUT2D eigenvalue weighted by Crippen LogP contribution is 2.34. The quantitative estimate of drug-likeness (QED) is 0.909. The van der Waals surface area contributed by atoms with Crippen molar-refractivity contribution in [1.29, 1.82) is 0 Å². The van der Waals surface area contributed by atoms with Gasteiger partial charge in [-0.1, -0.05) is 23.2 Å². The molecule has 0 radical (unpaired) electrons. The van der Waals surface area contributed by atoms with Crippen molar-refractivity contribution in [3.63, 3.8) is 0 Å². The SMILES string of the molecule is CC(NCCS(C)(=O)=O)c1cc(Cl)sc1Cl. The van der Waals surface area contributed by atoms with E-state index < -0.39 is 9.84 Å². The lowest BCUT2D eigenvalue weighted by atomic mass is 10.2. The van der Waals surface area contributed by atoms with E-state index in [1.54, 1.807) is 6.07 Å². The molecule has 3 nitrogen and oxygen atoms in total. The Morgan fingerprint density at radius 1 is 1.50 bits per heavy atom. The molecule has 1 aromatic rings. The molecule has 0 aromatic carbocycles. The molecule has 1 atom stereocenters. The molecule has 0 fully saturated rings. The lowest BCUT2D eigenvalue weighted by molar-refractivity contribution is 0.576. The molecule has 0 spiro atoms. The van der Waals surface area contributed by atoms with Gasteiger partial charge in [0.05, 0.1) is 14.4 Å². The molecule has 0 aliphatic rings. The fourth-order valence-electron chi connectivity index (χ4n) is 1.22. The Morgan fingerprint density at radius 2 is 2.12 bits per heavy atom. The van der Waals surface area contributed by atoms with Crippen molar-refractivity contribution < 1.29 is 8.42 Å². The van der Waals surface area contributed by atoms with Crippen molar-refractivity contribution in [2.75, 3.05) is 18.6 Å². The minimum Gasteiger partial charge on any atom is -0.309 e. The highest BCUT2D eigenvalue weighted by Gasteiger charge is 2.13. The second-order valence-electron chi connectivity index (χ2n) is 3.59. The Morgan fingerprint density at radius 3 is 2.56 bits per heavy atom. The van der Waals surface area contributed by atoms with Crippen molar-refractivity contribution in [1.82, 2.24) is 5.32 Å². The Bertz CT molecular complexity index is 456. The van der Waals surface area contributed by atoms with Gasteiger partial charge in [-0.05, 0) is 18.6 Å². The maximum Gasteiger partial charge on any atom is 0.148 e. The lowest BCUT2D eigenvalue weighted by Crippen LogP contribution is -2.25. The normalized spacial score (nSPS) is 14.0. The summed E-state index contributed by atoms with van der Waals surface area (Å²) in [7, 11) is -2.93. The monoisotopic (exact) mass is 301 g/mol. The van der Waals surface area contributed by atoms with E-state index >= 15 is 0 Å². The van der Waals surface area contributed by atoms with Crippen molar-refractivity contribution in [3.8, 4) is 0 Å². The zero-order chi connectivity index (χ0) is 12.3. The molecule has 0 amide bonds. The Hall–Kier alpha value is 0.190. The average molecular weight is 302 g/mol. The van der Waals surface area contributed by atoms with Crippen molar-refractivity contribution in [2.45, 2.75) is 13.0 Å². The molecular weight excluding hydrogens is 289 g/mol. The van der Waals surface area contributed by atoms with E-state index in [2.05, 4.69) is 5.32 Å². The molecular formula is C9H13Cl2NO2S2. The smallest absolute Gasteiger partial charge is 0.148 e. The minimum atomic E-state index is -2.93. The van der Waals surface area contributed by atoms with E-state index in [0.29, 0.717) is 15.2 Å². The van der Waals surface area contributed by atoms with Gasteiger partial charge in [0, 0.05) is 18.8 Å². The number of rotatable bonds is 5. The fourth-order valence-corrected chi connectivity index (χ4v) is 3.35. The van der Waals surface area contributed by atoms with Gasteiger partial charge in [-0.2, -0.15) is 0 Å².